The van der Waals surface area contributed by atoms with Crippen LogP contribution in [-0.2, 0) is 0 Å². The molecule has 0 saturated heterocycles. The van der Waals surface area contributed by atoms with Crippen molar-refractivity contribution in [1.82, 2.24) is 10.2 Å². The van der Waals surface area contributed by atoms with Crippen molar-refractivity contribution in [3.63, 3.8) is 0 Å². The molecule has 4 heteroatoms. The second-order valence-corrected chi connectivity index (χ2v) is 3.70. The zero-order valence-corrected chi connectivity index (χ0v) is 9.48. The van der Waals surface area contributed by atoms with E-state index in [1.165, 1.54) is 0 Å². The van der Waals surface area contributed by atoms with E-state index in [0.717, 1.165) is 11.1 Å². The van der Waals surface area contributed by atoms with Gasteiger partial charge in [-0.15, -0.1) is 10.2 Å². The lowest BCUT2D eigenvalue weighted by Gasteiger charge is -1.90. The summed E-state index contributed by atoms with van der Waals surface area (Å²) in [6, 6.07) is 11.5. The van der Waals surface area contributed by atoms with Gasteiger partial charge in [0.1, 0.15) is 0 Å². The SMILES string of the molecule is C(=Cc1nnc(-c2ccccc2)o1)c1ccoc1. The Kier molecular flexibility index (Phi) is 2.75. The minimum atomic E-state index is 0.468. The molecule has 2 aromatic heterocycles. The molecule has 0 radical (unpaired) electrons. The van der Waals surface area contributed by atoms with E-state index >= 15 is 0 Å². The third-order valence-corrected chi connectivity index (χ3v) is 2.42. The smallest absolute Gasteiger partial charge is 0.248 e. The standard InChI is InChI=1S/C14H10N2O2/c1-2-4-12(5-3-1)14-16-15-13(18-14)7-6-11-8-9-17-10-11/h1-10H. The lowest BCUT2D eigenvalue weighted by molar-refractivity contribution is 0.558. The lowest BCUT2D eigenvalue weighted by Crippen LogP contribution is -1.75. The zero-order chi connectivity index (χ0) is 12.2. The van der Waals surface area contributed by atoms with Crippen molar-refractivity contribution >= 4 is 12.2 Å². The second-order valence-electron chi connectivity index (χ2n) is 3.70. The molecule has 1 aromatic carbocycles. The van der Waals surface area contributed by atoms with Crippen molar-refractivity contribution in [2.24, 2.45) is 0 Å². The quantitative estimate of drug-likeness (QED) is 0.700. The average molecular weight is 238 g/mol. The molecule has 4 nitrogen and oxygen atoms in total. The molecule has 2 heterocycles. The van der Waals surface area contributed by atoms with Gasteiger partial charge in [0.2, 0.25) is 11.8 Å². The summed E-state index contributed by atoms with van der Waals surface area (Å²) in [7, 11) is 0. The first-order valence-electron chi connectivity index (χ1n) is 5.51. The first-order chi connectivity index (χ1) is 8.92. The molecule has 3 rings (SSSR count). The van der Waals surface area contributed by atoms with Crippen LogP contribution in [0.5, 0.6) is 0 Å². The molecule has 88 valence electrons. The van der Waals surface area contributed by atoms with Crippen LogP contribution in [0.4, 0.5) is 0 Å². The molecule has 0 aliphatic heterocycles. The van der Waals surface area contributed by atoms with Crippen LogP contribution in [0.2, 0.25) is 0 Å². The minimum absolute atomic E-state index is 0.468. The largest absolute Gasteiger partial charge is 0.472 e. The summed E-state index contributed by atoms with van der Waals surface area (Å²) in [5, 5.41) is 7.95. The topological polar surface area (TPSA) is 52.1 Å². The highest BCUT2D eigenvalue weighted by Gasteiger charge is 2.05. The monoisotopic (exact) mass is 238 g/mol. The fraction of sp³-hybridized carbons (Fsp3) is 0. The molecule has 0 spiro atoms. The lowest BCUT2D eigenvalue weighted by atomic mass is 10.2. The van der Waals surface area contributed by atoms with E-state index in [2.05, 4.69) is 10.2 Å². The van der Waals surface area contributed by atoms with Crippen molar-refractivity contribution < 1.29 is 8.83 Å². The van der Waals surface area contributed by atoms with Gasteiger partial charge in [-0.3, -0.25) is 0 Å². The van der Waals surface area contributed by atoms with Crippen molar-refractivity contribution in [1.29, 1.82) is 0 Å². The van der Waals surface area contributed by atoms with Gasteiger partial charge < -0.3 is 8.83 Å². The molecule has 0 bridgehead atoms. The molecule has 0 amide bonds. The Balaban J connectivity index is 1.82. The van der Waals surface area contributed by atoms with Gasteiger partial charge in [0.15, 0.2) is 0 Å². The van der Waals surface area contributed by atoms with Crippen LogP contribution in [0.15, 0.2) is 57.8 Å². The van der Waals surface area contributed by atoms with E-state index in [9.17, 15) is 0 Å². The number of nitrogens with zero attached hydrogens (tertiary/aromatic N) is 2. The molecule has 0 saturated carbocycles. The third-order valence-electron chi connectivity index (χ3n) is 2.42. The van der Waals surface area contributed by atoms with Crippen molar-refractivity contribution in [3.05, 3.63) is 60.4 Å². The number of rotatable bonds is 3. The first kappa shape index (κ1) is 10.5. The van der Waals surface area contributed by atoms with E-state index in [-0.39, 0.29) is 0 Å². The molecule has 0 aliphatic carbocycles. The van der Waals surface area contributed by atoms with Crippen molar-refractivity contribution in [2.75, 3.05) is 0 Å². The Morgan fingerprint density at radius 3 is 2.61 bits per heavy atom. The summed E-state index contributed by atoms with van der Waals surface area (Å²) in [5.74, 6) is 0.984. The van der Waals surface area contributed by atoms with Crippen molar-refractivity contribution in [3.8, 4) is 11.5 Å². The Morgan fingerprint density at radius 1 is 0.944 bits per heavy atom. The summed E-state index contributed by atoms with van der Waals surface area (Å²) in [4.78, 5) is 0. The highest BCUT2D eigenvalue weighted by molar-refractivity contribution is 5.65. The molecule has 0 unspecified atom stereocenters. The number of aromatic nitrogens is 2. The average Bonchev–Trinajstić information content (AvgIpc) is 3.09. The second kappa shape index (κ2) is 4.71. The van der Waals surface area contributed by atoms with E-state index in [0.29, 0.717) is 11.8 Å². The summed E-state index contributed by atoms with van der Waals surface area (Å²) in [5.41, 5.74) is 1.86. The summed E-state index contributed by atoms with van der Waals surface area (Å²) < 4.78 is 10.5. The Hall–Kier alpha value is -2.62. The number of furan rings is 1. The summed E-state index contributed by atoms with van der Waals surface area (Å²) in [6.07, 6.45) is 6.87. The van der Waals surface area contributed by atoms with Crippen LogP contribution in [0, 0.1) is 0 Å². The fourth-order valence-electron chi connectivity index (χ4n) is 1.54. The molecule has 0 atom stereocenters. The highest BCUT2D eigenvalue weighted by Crippen LogP contribution is 2.17. The van der Waals surface area contributed by atoms with E-state index in [1.807, 2.05) is 42.5 Å². The first-order valence-corrected chi connectivity index (χ1v) is 5.51. The van der Waals surface area contributed by atoms with E-state index < -0.39 is 0 Å². The summed E-state index contributed by atoms with van der Waals surface area (Å²) in [6.45, 7) is 0. The number of hydrogen-bond donors (Lipinski definition) is 0. The maximum Gasteiger partial charge on any atom is 0.248 e. The predicted molar refractivity (Wildman–Crippen MR) is 67.4 cm³/mol. The molecular weight excluding hydrogens is 228 g/mol. The minimum Gasteiger partial charge on any atom is -0.472 e. The van der Waals surface area contributed by atoms with Gasteiger partial charge >= 0.3 is 0 Å². The van der Waals surface area contributed by atoms with Crippen molar-refractivity contribution in [2.45, 2.75) is 0 Å². The zero-order valence-electron chi connectivity index (χ0n) is 9.48. The molecule has 0 fully saturated rings. The van der Waals surface area contributed by atoms with Gasteiger partial charge in [-0.05, 0) is 24.3 Å². The van der Waals surface area contributed by atoms with Gasteiger partial charge in [-0.25, -0.2) is 0 Å². The van der Waals surface area contributed by atoms with Gasteiger partial charge in [-0.2, -0.15) is 0 Å². The molecular formula is C14H10N2O2. The number of benzene rings is 1. The van der Waals surface area contributed by atoms with Gasteiger partial charge in [0.05, 0.1) is 12.5 Å². The van der Waals surface area contributed by atoms with Gasteiger partial charge in [-0.1, -0.05) is 18.2 Å². The van der Waals surface area contributed by atoms with E-state index in [1.54, 1.807) is 18.6 Å². The molecule has 18 heavy (non-hydrogen) atoms. The van der Waals surface area contributed by atoms with Gasteiger partial charge in [0.25, 0.3) is 0 Å². The van der Waals surface area contributed by atoms with Crippen LogP contribution >= 0.6 is 0 Å². The van der Waals surface area contributed by atoms with Gasteiger partial charge in [0, 0.05) is 17.2 Å². The molecule has 0 aliphatic rings. The van der Waals surface area contributed by atoms with E-state index in [4.69, 9.17) is 8.83 Å². The molecule has 3 aromatic rings. The van der Waals surface area contributed by atoms with Crippen LogP contribution < -0.4 is 0 Å². The fourth-order valence-corrected chi connectivity index (χ4v) is 1.54. The Labute approximate surface area is 104 Å². The summed E-state index contributed by atoms with van der Waals surface area (Å²) >= 11 is 0. The number of hydrogen-bond acceptors (Lipinski definition) is 4. The highest BCUT2D eigenvalue weighted by atomic mass is 16.4. The van der Waals surface area contributed by atoms with Crippen LogP contribution in [-0.4, -0.2) is 10.2 Å². The maximum absolute atomic E-state index is 5.53. The Morgan fingerprint density at radius 2 is 1.83 bits per heavy atom. The van der Waals surface area contributed by atoms with Crippen LogP contribution in [0.1, 0.15) is 11.5 Å². The van der Waals surface area contributed by atoms with Crippen LogP contribution in [0.3, 0.4) is 0 Å². The predicted octanol–water partition coefficient (Wildman–Crippen LogP) is 3.50. The molecule has 0 N–H and O–H groups in total. The third kappa shape index (κ3) is 2.22. The Bertz CT molecular complexity index is 640. The normalized spacial score (nSPS) is 11.1. The maximum atomic E-state index is 5.53. The van der Waals surface area contributed by atoms with Crippen LogP contribution in [0.25, 0.3) is 23.6 Å².